The lowest BCUT2D eigenvalue weighted by molar-refractivity contribution is 0.100. The summed E-state index contributed by atoms with van der Waals surface area (Å²) in [6, 6.07) is 12.2. The first-order valence-electron chi connectivity index (χ1n) is 11.5. The van der Waals surface area contributed by atoms with Crippen molar-refractivity contribution in [3.05, 3.63) is 59.3 Å². The smallest absolute Gasteiger partial charge is 0.250 e. The molecule has 0 spiro atoms. The summed E-state index contributed by atoms with van der Waals surface area (Å²) in [6.45, 7) is 1.88. The van der Waals surface area contributed by atoms with Gasteiger partial charge in [-0.3, -0.25) is 4.79 Å². The molecule has 1 saturated heterocycles. The molecule has 9 heteroatoms. The van der Waals surface area contributed by atoms with E-state index < -0.39 is 15.9 Å². The minimum absolute atomic E-state index is 0.000795. The number of aromatic amines is 1. The van der Waals surface area contributed by atoms with Gasteiger partial charge in [-0.05, 0) is 66.3 Å². The molecule has 3 aromatic rings. The van der Waals surface area contributed by atoms with E-state index in [0.717, 1.165) is 39.7 Å². The van der Waals surface area contributed by atoms with Crippen molar-refractivity contribution in [2.45, 2.75) is 25.3 Å². The first-order chi connectivity index (χ1) is 16.3. The van der Waals surface area contributed by atoms with Crippen LogP contribution in [0.2, 0.25) is 0 Å². The van der Waals surface area contributed by atoms with Crippen molar-refractivity contribution in [2.75, 3.05) is 39.6 Å². The standard InChI is InChI=1S/C25H32N4O4S/c1-27-15-17-4-3-5-19(12-17)20-13-21-23(16-28-24(21)22(14-20)25(26)30)18-6-8-29(9-7-18)34(31,32)11-10-33-2/h3-5,12-14,16,18,27-28H,6-11,15H2,1-2H3,(H2,26,30). The van der Waals surface area contributed by atoms with Gasteiger partial charge >= 0.3 is 0 Å². The molecule has 2 aromatic carbocycles. The minimum Gasteiger partial charge on any atom is -0.384 e. The molecular weight excluding hydrogens is 452 g/mol. The monoisotopic (exact) mass is 484 g/mol. The van der Waals surface area contributed by atoms with Gasteiger partial charge in [-0.2, -0.15) is 0 Å². The molecule has 0 radical (unpaired) electrons. The van der Waals surface area contributed by atoms with E-state index in [1.165, 1.54) is 7.11 Å². The molecule has 0 saturated carbocycles. The van der Waals surface area contributed by atoms with Crippen LogP contribution in [-0.2, 0) is 21.3 Å². The summed E-state index contributed by atoms with van der Waals surface area (Å²) >= 11 is 0. The number of amides is 1. The predicted molar refractivity (Wildman–Crippen MR) is 134 cm³/mol. The molecule has 1 aromatic heterocycles. The van der Waals surface area contributed by atoms with Crippen molar-refractivity contribution in [1.82, 2.24) is 14.6 Å². The number of H-pyrrole nitrogens is 1. The number of nitrogens with zero attached hydrogens (tertiary/aromatic N) is 1. The van der Waals surface area contributed by atoms with E-state index in [1.54, 1.807) is 4.31 Å². The summed E-state index contributed by atoms with van der Waals surface area (Å²) in [7, 11) is 0.0955. The zero-order valence-electron chi connectivity index (χ0n) is 19.6. The number of hydrogen-bond donors (Lipinski definition) is 3. The molecule has 182 valence electrons. The van der Waals surface area contributed by atoms with Crippen LogP contribution in [-0.4, -0.2) is 63.2 Å². The summed E-state index contributed by atoms with van der Waals surface area (Å²) < 4.78 is 31.6. The van der Waals surface area contributed by atoms with Crippen LogP contribution >= 0.6 is 0 Å². The summed E-state index contributed by atoms with van der Waals surface area (Å²) in [5.74, 6) is -0.293. The third-order valence-electron chi connectivity index (χ3n) is 6.56. The van der Waals surface area contributed by atoms with Crippen molar-refractivity contribution < 1.29 is 17.9 Å². The number of fused-ring (bicyclic) bond motifs is 1. The first-order valence-corrected chi connectivity index (χ1v) is 13.1. The number of carbonyl (C=O) groups excluding carboxylic acids is 1. The molecule has 8 nitrogen and oxygen atoms in total. The Bertz CT molecular complexity index is 1280. The molecule has 34 heavy (non-hydrogen) atoms. The summed E-state index contributed by atoms with van der Waals surface area (Å²) in [4.78, 5) is 15.6. The van der Waals surface area contributed by atoms with Gasteiger partial charge in [0.25, 0.3) is 5.91 Å². The number of nitrogens with one attached hydrogen (secondary N) is 2. The van der Waals surface area contributed by atoms with Crippen molar-refractivity contribution in [2.24, 2.45) is 5.73 Å². The number of methoxy groups -OCH3 is 1. The number of hydrogen-bond acceptors (Lipinski definition) is 5. The van der Waals surface area contributed by atoms with E-state index in [2.05, 4.69) is 28.5 Å². The Balaban J connectivity index is 1.66. The Morgan fingerprint density at radius 2 is 1.97 bits per heavy atom. The number of carbonyl (C=O) groups is 1. The van der Waals surface area contributed by atoms with Crippen molar-refractivity contribution >= 4 is 26.8 Å². The molecule has 4 rings (SSSR count). The van der Waals surface area contributed by atoms with Crippen LogP contribution in [0.5, 0.6) is 0 Å². The second kappa shape index (κ2) is 10.3. The Labute approximate surface area is 200 Å². The van der Waals surface area contributed by atoms with Crippen molar-refractivity contribution in [3.8, 4) is 11.1 Å². The van der Waals surface area contributed by atoms with Gasteiger partial charge in [0.15, 0.2) is 0 Å². The number of nitrogens with two attached hydrogens (primary N) is 1. The molecule has 0 atom stereocenters. The molecule has 2 heterocycles. The number of aromatic nitrogens is 1. The van der Waals surface area contributed by atoms with E-state index in [-0.39, 0.29) is 18.3 Å². The van der Waals surface area contributed by atoms with Crippen molar-refractivity contribution in [1.29, 1.82) is 0 Å². The highest BCUT2D eigenvalue weighted by atomic mass is 32.2. The molecule has 4 N–H and O–H groups in total. The van der Waals surface area contributed by atoms with E-state index in [9.17, 15) is 13.2 Å². The van der Waals surface area contributed by atoms with Crippen LogP contribution in [0.25, 0.3) is 22.0 Å². The Morgan fingerprint density at radius 1 is 1.21 bits per heavy atom. The lowest BCUT2D eigenvalue weighted by Gasteiger charge is -2.31. The maximum Gasteiger partial charge on any atom is 0.250 e. The number of sulfonamides is 1. The summed E-state index contributed by atoms with van der Waals surface area (Å²) in [6.07, 6.45) is 3.37. The zero-order chi connectivity index (χ0) is 24.3. The normalized spacial score (nSPS) is 15.7. The average molecular weight is 485 g/mol. The van der Waals surface area contributed by atoms with E-state index >= 15 is 0 Å². The number of ether oxygens (including phenoxy) is 1. The van der Waals surface area contributed by atoms with Crippen LogP contribution in [0.15, 0.2) is 42.6 Å². The Morgan fingerprint density at radius 3 is 2.65 bits per heavy atom. The second-order valence-electron chi connectivity index (χ2n) is 8.77. The van der Waals surface area contributed by atoms with Gasteiger partial charge in [-0.1, -0.05) is 18.2 Å². The first kappa shape index (κ1) is 24.4. The maximum atomic E-state index is 12.5. The predicted octanol–water partition coefficient (Wildman–Crippen LogP) is 2.81. The minimum atomic E-state index is -3.32. The molecule has 0 unspecified atom stereocenters. The highest BCUT2D eigenvalue weighted by molar-refractivity contribution is 7.89. The fraction of sp³-hybridized carbons (Fsp3) is 0.400. The topological polar surface area (TPSA) is 118 Å². The van der Waals surface area contributed by atoms with Crippen LogP contribution in [0.3, 0.4) is 0 Å². The quantitative estimate of drug-likeness (QED) is 0.432. The number of piperidine rings is 1. The lowest BCUT2D eigenvalue weighted by Crippen LogP contribution is -2.39. The highest BCUT2D eigenvalue weighted by Gasteiger charge is 2.30. The SMILES string of the molecule is CNCc1cccc(-c2cc(C(N)=O)c3[nH]cc(C4CCN(S(=O)(=O)CCOC)CC4)c3c2)c1. The van der Waals surface area contributed by atoms with Gasteiger partial charge in [0.1, 0.15) is 0 Å². The number of primary amides is 1. The van der Waals surface area contributed by atoms with Gasteiger partial charge < -0.3 is 20.8 Å². The van der Waals surface area contributed by atoms with Gasteiger partial charge in [0.05, 0.1) is 23.4 Å². The fourth-order valence-corrected chi connectivity index (χ4v) is 6.18. The van der Waals surface area contributed by atoms with Gasteiger partial charge in [-0.25, -0.2) is 12.7 Å². The summed E-state index contributed by atoms with van der Waals surface area (Å²) in [5.41, 5.74) is 11.1. The lowest BCUT2D eigenvalue weighted by atomic mass is 9.88. The van der Waals surface area contributed by atoms with Gasteiger partial charge in [0.2, 0.25) is 10.0 Å². The molecular formula is C25H32N4O4S. The molecule has 1 aliphatic heterocycles. The largest absolute Gasteiger partial charge is 0.384 e. The van der Waals surface area contributed by atoms with Gasteiger partial charge in [0, 0.05) is 38.3 Å². The number of rotatable bonds is 9. The molecule has 0 aliphatic carbocycles. The highest BCUT2D eigenvalue weighted by Crippen LogP contribution is 2.37. The zero-order valence-corrected chi connectivity index (χ0v) is 20.5. The Hall–Kier alpha value is -2.72. The number of benzene rings is 2. The van der Waals surface area contributed by atoms with Crippen LogP contribution in [0, 0.1) is 0 Å². The third-order valence-corrected chi connectivity index (χ3v) is 8.40. The molecule has 0 bridgehead atoms. The van der Waals surface area contributed by atoms with Gasteiger partial charge in [-0.15, -0.1) is 0 Å². The molecule has 1 aliphatic rings. The average Bonchev–Trinajstić information content (AvgIpc) is 3.26. The van der Waals surface area contributed by atoms with Crippen LogP contribution < -0.4 is 11.1 Å². The summed E-state index contributed by atoms with van der Waals surface area (Å²) in [5, 5.41) is 4.13. The van der Waals surface area contributed by atoms with Crippen LogP contribution in [0.4, 0.5) is 0 Å². The van der Waals surface area contributed by atoms with E-state index in [4.69, 9.17) is 10.5 Å². The molecule has 1 fully saturated rings. The van der Waals surface area contributed by atoms with E-state index in [1.807, 2.05) is 31.4 Å². The van der Waals surface area contributed by atoms with Crippen LogP contribution in [0.1, 0.15) is 40.2 Å². The maximum absolute atomic E-state index is 12.5. The molecule has 1 amide bonds. The van der Waals surface area contributed by atoms with Crippen molar-refractivity contribution in [3.63, 3.8) is 0 Å². The second-order valence-corrected chi connectivity index (χ2v) is 10.9. The fourth-order valence-electron chi connectivity index (χ4n) is 4.78. The third kappa shape index (κ3) is 5.02. The van der Waals surface area contributed by atoms with E-state index in [0.29, 0.717) is 31.5 Å². The Kier molecular flexibility index (Phi) is 7.37.